The highest BCUT2D eigenvalue weighted by Crippen LogP contribution is 2.62. The Bertz CT molecular complexity index is 1330. The maximum absolute atomic E-state index is 11.9. The number of carbonyl (C=O) groups excluding carboxylic acids is 3. The number of aliphatic imine (C=N–C) groups is 2. The number of furan rings is 1. The van der Waals surface area contributed by atoms with Gasteiger partial charge >= 0.3 is 11.9 Å². The Morgan fingerprint density at radius 2 is 1.89 bits per heavy atom. The van der Waals surface area contributed by atoms with Gasteiger partial charge in [-0.3, -0.25) is 9.80 Å². The quantitative estimate of drug-likeness (QED) is 0.177. The first-order chi connectivity index (χ1) is 18.3. The van der Waals surface area contributed by atoms with E-state index >= 15 is 0 Å². The summed E-state index contributed by atoms with van der Waals surface area (Å²) in [5.74, 6) is 4.66. The van der Waals surface area contributed by atoms with E-state index in [9.17, 15) is 14.4 Å². The number of hydrogen-bond donors (Lipinski definition) is 2. The van der Waals surface area contributed by atoms with Gasteiger partial charge in [-0.15, -0.1) is 0 Å². The van der Waals surface area contributed by atoms with Crippen LogP contribution >= 0.6 is 10.6 Å². The monoisotopic (exact) mass is 540 g/mol. The van der Waals surface area contributed by atoms with E-state index in [-0.39, 0.29) is 23.3 Å². The van der Waals surface area contributed by atoms with Crippen LogP contribution in [-0.4, -0.2) is 47.5 Å². The standard InChI is InChI=1S/C25H28N6O6S/c1-17(32)27-13-19-9-10-22(35-19)20-15-38(36-23(33)24(34)37-38)25(29-20)28-16-31(26)14-18-7-3-4-8-21(18)30-11-5-2-6-12-30/h3-4,7-10,15-16H,2,5-6,11-14,26H2,1H3,(H,27,32)/b28-16+. The molecule has 2 aromatic rings. The topological polar surface area (TPSA) is 152 Å². The van der Waals surface area contributed by atoms with Crippen molar-refractivity contribution in [3.8, 4) is 0 Å². The van der Waals surface area contributed by atoms with Crippen LogP contribution in [0.3, 0.4) is 0 Å². The lowest BCUT2D eigenvalue weighted by Gasteiger charge is -2.31. The molecule has 0 radical (unpaired) electrons. The summed E-state index contributed by atoms with van der Waals surface area (Å²) in [6, 6.07) is 11.4. The highest BCUT2D eigenvalue weighted by atomic mass is 32.3. The number of para-hydroxylation sites is 1. The van der Waals surface area contributed by atoms with Crippen molar-refractivity contribution >= 4 is 51.3 Å². The molecule has 38 heavy (non-hydrogen) atoms. The molecule has 2 saturated heterocycles. The van der Waals surface area contributed by atoms with Gasteiger partial charge in [0.15, 0.2) is 5.76 Å². The summed E-state index contributed by atoms with van der Waals surface area (Å²) in [5, 5.41) is 5.46. The molecule has 200 valence electrons. The zero-order valence-electron chi connectivity index (χ0n) is 20.8. The van der Waals surface area contributed by atoms with E-state index in [0.717, 1.165) is 37.2 Å². The predicted molar refractivity (Wildman–Crippen MR) is 142 cm³/mol. The number of hydrogen-bond acceptors (Lipinski definition) is 10. The second-order valence-corrected chi connectivity index (χ2v) is 11.0. The van der Waals surface area contributed by atoms with Crippen LogP contribution in [0.25, 0.3) is 5.70 Å². The summed E-state index contributed by atoms with van der Waals surface area (Å²) in [6.07, 6.45) is 4.91. The summed E-state index contributed by atoms with van der Waals surface area (Å²) in [7, 11) is -3.00. The van der Waals surface area contributed by atoms with Crippen molar-refractivity contribution in [2.45, 2.75) is 39.3 Å². The van der Waals surface area contributed by atoms with Crippen LogP contribution in [0, 0.1) is 0 Å². The minimum absolute atomic E-state index is 0.00808. The van der Waals surface area contributed by atoms with E-state index in [1.807, 2.05) is 18.2 Å². The Hall–Kier alpha value is -4.10. The lowest BCUT2D eigenvalue weighted by molar-refractivity contribution is -0.150. The normalized spacial score (nSPS) is 19.3. The summed E-state index contributed by atoms with van der Waals surface area (Å²) in [5.41, 5.74) is 2.45. The molecule has 3 aliphatic rings. The van der Waals surface area contributed by atoms with Crippen LogP contribution in [0.2, 0.25) is 0 Å². The van der Waals surface area contributed by atoms with Crippen LogP contribution in [0.15, 0.2) is 56.2 Å². The maximum atomic E-state index is 11.9. The number of amides is 1. The molecule has 1 spiro atoms. The van der Waals surface area contributed by atoms with E-state index in [1.54, 1.807) is 12.1 Å². The molecule has 4 heterocycles. The molecular weight excluding hydrogens is 512 g/mol. The van der Waals surface area contributed by atoms with Gasteiger partial charge in [-0.2, -0.15) is 0 Å². The van der Waals surface area contributed by atoms with Crippen molar-refractivity contribution in [3.05, 3.63) is 58.9 Å². The van der Waals surface area contributed by atoms with E-state index in [2.05, 4.69) is 26.3 Å². The van der Waals surface area contributed by atoms with Crippen LogP contribution in [0.5, 0.6) is 0 Å². The Morgan fingerprint density at radius 1 is 1.16 bits per heavy atom. The first-order valence-corrected chi connectivity index (χ1v) is 13.7. The SMILES string of the molecule is CC(=O)NCc1ccc(C2=CS3(OC(=O)C(=O)O3)C(/N=C/N(N)Cc3ccccc3N3CCCCC3)=N2)o1. The van der Waals surface area contributed by atoms with Gasteiger partial charge in [0.05, 0.1) is 18.5 Å². The summed E-state index contributed by atoms with van der Waals surface area (Å²) < 4.78 is 16.4. The largest absolute Gasteiger partial charge is 0.458 e. The van der Waals surface area contributed by atoms with Crippen molar-refractivity contribution in [3.63, 3.8) is 0 Å². The Morgan fingerprint density at radius 3 is 2.63 bits per heavy atom. The highest BCUT2D eigenvalue weighted by Gasteiger charge is 2.48. The molecule has 1 aromatic carbocycles. The molecule has 0 atom stereocenters. The number of nitrogens with two attached hydrogens (primary N) is 1. The van der Waals surface area contributed by atoms with Gasteiger partial charge in [-0.1, -0.05) is 18.2 Å². The van der Waals surface area contributed by atoms with Crippen molar-refractivity contribution in [2.75, 3.05) is 18.0 Å². The van der Waals surface area contributed by atoms with Gasteiger partial charge < -0.3 is 23.0 Å². The van der Waals surface area contributed by atoms with Gasteiger partial charge in [0.25, 0.3) is 5.17 Å². The van der Waals surface area contributed by atoms with E-state index in [4.69, 9.17) is 18.6 Å². The van der Waals surface area contributed by atoms with E-state index < -0.39 is 22.5 Å². The van der Waals surface area contributed by atoms with Gasteiger partial charge in [0, 0.05) is 25.7 Å². The third-order valence-corrected chi connectivity index (χ3v) is 8.12. The van der Waals surface area contributed by atoms with Crippen molar-refractivity contribution < 1.29 is 27.2 Å². The maximum Gasteiger partial charge on any atom is 0.442 e. The number of piperidine rings is 1. The zero-order chi connectivity index (χ0) is 26.7. The van der Waals surface area contributed by atoms with Crippen LogP contribution in [0.4, 0.5) is 5.69 Å². The van der Waals surface area contributed by atoms with Crippen molar-refractivity contribution in [1.82, 2.24) is 10.3 Å². The number of nitrogens with one attached hydrogen (secondary N) is 1. The Kier molecular flexibility index (Phi) is 7.20. The second-order valence-electron chi connectivity index (χ2n) is 8.95. The fourth-order valence-corrected chi connectivity index (χ4v) is 6.16. The van der Waals surface area contributed by atoms with Gasteiger partial charge in [0.1, 0.15) is 17.8 Å². The molecular formula is C25H28N6O6S. The van der Waals surface area contributed by atoms with Crippen molar-refractivity contribution in [2.24, 2.45) is 15.8 Å². The molecule has 0 aliphatic carbocycles. The molecule has 0 unspecified atom stereocenters. The zero-order valence-corrected chi connectivity index (χ0v) is 21.6. The van der Waals surface area contributed by atoms with Gasteiger partial charge in [-0.25, -0.2) is 25.4 Å². The molecule has 13 heteroatoms. The number of anilines is 1. The number of amidine groups is 1. The van der Waals surface area contributed by atoms with Gasteiger partial charge in [0.2, 0.25) is 5.91 Å². The molecule has 3 aliphatic heterocycles. The minimum Gasteiger partial charge on any atom is -0.458 e. The lowest BCUT2D eigenvalue weighted by Crippen LogP contribution is -2.33. The van der Waals surface area contributed by atoms with Crippen LogP contribution in [-0.2, 0) is 35.8 Å². The predicted octanol–water partition coefficient (Wildman–Crippen LogP) is 2.71. The first-order valence-electron chi connectivity index (χ1n) is 12.2. The summed E-state index contributed by atoms with van der Waals surface area (Å²) in [4.78, 5) is 46.2. The molecule has 12 nitrogen and oxygen atoms in total. The minimum atomic E-state index is -3.00. The Labute approximate surface area is 220 Å². The van der Waals surface area contributed by atoms with Crippen molar-refractivity contribution in [1.29, 1.82) is 0 Å². The summed E-state index contributed by atoms with van der Waals surface area (Å²) >= 11 is 0. The number of rotatable bonds is 7. The third kappa shape index (κ3) is 5.43. The molecule has 2 fully saturated rings. The molecule has 0 bridgehead atoms. The van der Waals surface area contributed by atoms with Crippen LogP contribution in [0.1, 0.15) is 43.3 Å². The smallest absolute Gasteiger partial charge is 0.442 e. The molecule has 3 N–H and O–H groups in total. The average Bonchev–Trinajstić information content (AvgIpc) is 3.59. The average molecular weight is 541 g/mol. The number of nitrogens with zero attached hydrogens (tertiary/aromatic N) is 4. The molecule has 5 rings (SSSR count). The molecule has 1 aromatic heterocycles. The van der Waals surface area contributed by atoms with E-state index in [1.165, 1.54) is 30.1 Å². The second kappa shape index (κ2) is 10.7. The number of hydrazine groups is 1. The van der Waals surface area contributed by atoms with E-state index in [0.29, 0.717) is 18.1 Å². The molecule has 1 amide bonds. The fourth-order valence-electron chi connectivity index (χ4n) is 4.31. The van der Waals surface area contributed by atoms with Gasteiger partial charge in [-0.05, 0) is 53.6 Å². The van der Waals surface area contributed by atoms with Crippen LogP contribution < -0.4 is 16.1 Å². The number of benzene rings is 1. The third-order valence-electron chi connectivity index (χ3n) is 6.09. The lowest BCUT2D eigenvalue weighted by atomic mass is 10.1. The summed E-state index contributed by atoms with van der Waals surface area (Å²) in [6.45, 7) is 3.98. The molecule has 0 saturated carbocycles. The first kappa shape index (κ1) is 25.5. The fraction of sp³-hybridized carbons (Fsp3) is 0.320. The highest BCUT2D eigenvalue weighted by molar-refractivity contribution is 8.41. The number of carbonyl (C=O) groups is 3. The Balaban J connectivity index is 1.35.